The number of rotatable bonds is 10. The van der Waals surface area contributed by atoms with E-state index in [1.807, 2.05) is 25.1 Å². The average molecular weight is 529 g/mol. The second kappa shape index (κ2) is 17.9. The summed E-state index contributed by atoms with van der Waals surface area (Å²) in [6.45, 7) is 7.14. The highest BCUT2D eigenvalue weighted by Gasteiger charge is 2.23. The number of carboxylic acids is 4. The minimum absolute atomic E-state index is 0.558. The Kier molecular flexibility index (Phi) is 16.2. The Morgan fingerprint density at radius 2 is 1.50 bits per heavy atom. The van der Waals surface area contributed by atoms with Gasteiger partial charge in [0.15, 0.2) is 0 Å². The largest absolute Gasteiger partial charge is 0.494 e. The summed E-state index contributed by atoms with van der Waals surface area (Å²) in [5.41, 5.74) is 1.20. The van der Waals surface area contributed by atoms with Gasteiger partial charge in [0.1, 0.15) is 5.75 Å². The molecule has 0 bridgehead atoms. The van der Waals surface area contributed by atoms with Gasteiger partial charge in [0.25, 0.3) is 0 Å². The van der Waals surface area contributed by atoms with E-state index >= 15 is 0 Å². The normalized spacial score (nSPS) is 15.2. The number of hydrogen-bond donors (Lipinski definition) is 4. The van der Waals surface area contributed by atoms with Gasteiger partial charge in [-0.2, -0.15) is 0 Å². The maximum Gasteiger partial charge on any atom is 0.328 e. The van der Waals surface area contributed by atoms with Gasteiger partial charge in [0.05, 0.1) is 6.61 Å². The predicted molar refractivity (Wildman–Crippen MR) is 133 cm³/mol. The maximum absolute atomic E-state index is 9.55. The Labute approximate surface area is 214 Å². The van der Waals surface area contributed by atoms with Crippen molar-refractivity contribution in [2.24, 2.45) is 5.92 Å². The van der Waals surface area contributed by atoms with Crippen LogP contribution in [0.3, 0.4) is 0 Å². The number of hydrogen-bond acceptors (Lipinski definition) is 7. The summed E-state index contributed by atoms with van der Waals surface area (Å²) in [5.74, 6) is -3.28. The summed E-state index contributed by atoms with van der Waals surface area (Å²) < 4.78 is 5.70. The smallest absolute Gasteiger partial charge is 0.328 e. The molecule has 11 nitrogen and oxygen atoms in total. The highest BCUT2D eigenvalue weighted by molar-refractivity contribution is 6.30. The number of nitrogens with zero attached hydrogens (tertiary/aromatic N) is 2. The minimum atomic E-state index is -1.26. The van der Waals surface area contributed by atoms with Crippen molar-refractivity contribution in [3.05, 3.63) is 53.1 Å². The molecule has 1 aromatic rings. The molecule has 2 rings (SSSR count). The topological polar surface area (TPSA) is 165 Å². The molecule has 200 valence electrons. The van der Waals surface area contributed by atoms with Crippen LogP contribution in [0, 0.1) is 5.92 Å². The van der Waals surface area contributed by atoms with Crippen molar-refractivity contribution in [2.45, 2.75) is 19.9 Å². The van der Waals surface area contributed by atoms with Crippen LogP contribution < -0.4 is 4.74 Å². The molecule has 1 aromatic carbocycles. The molecule has 1 heterocycles. The Morgan fingerprint density at radius 3 is 1.92 bits per heavy atom. The number of halogens is 1. The molecule has 0 aromatic heterocycles. The molecule has 0 radical (unpaired) electrons. The summed E-state index contributed by atoms with van der Waals surface area (Å²) in [6, 6.07) is 5.91. The van der Waals surface area contributed by atoms with Crippen molar-refractivity contribution < 1.29 is 44.3 Å². The second-order valence-corrected chi connectivity index (χ2v) is 8.29. The van der Waals surface area contributed by atoms with Gasteiger partial charge in [-0.15, -0.1) is 0 Å². The van der Waals surface area contributed by atoms with Gasteiger partial charge in [-0.05, 0) is 58.1 Å². The maximum atomic E-state index is 9.55. The Bertz CT molecular complexity index is 866. The lowest BCUT2D eigenvalue weighted by Gasteiger charge is -2.20. The van der Waals surface area contributed by atoms with Gasteiger partial charge >= 0.3 is 23.9 Å². The third kappa shape index (κ3) is 17.1. The van der Waals surface area contributed by atoms with Crippen LogP contribution >= 0.6 is 11.6 Å². The Hall–Kier alpha value is -3.41. The van der Waals surface area contributed by atoms with Crippen LogP contribution in [-0.2, 0) is 25.7 Å². The molecule has 0 amide bonds. The average Bonchev–Trinajstić information content (AvgIpc) is 3.19. The van der Waals surface area contributed by atoms with Crippen LogP contribution in [0.4, 0.5) is 0 Å². The Morgan fingerprint density at radius 1 is 1.00 bits per heavy atom. The van der Waals surface area contributed by atoms with Crippen LogP contribution in [0.15, 0.2) is 42.5 Å². The zero-order chi connectivity index (χ0) is 27.7. The van der Waals surface area contributed by atoms with E-state index in [1.54, 1.807) is 0 Å². The molecule has 0 saturated carbocycles. The first kappa shape index (κ1) is 32.6. The molecule has 4 N–H and O–H groups in total. The molecule has 12 heteroatoms. The van der Waals surface area contributed by atoms with Crippen molar-refractivity contribution >= 4 is 35.5 Å². The molecule has 0 unspecified atom stereocenters. The van der Waals surface area contributed by atoms with Crippen molar-refractivity contribution in [1.82, 2.24) is 9.80 Å². The zero-order valence-corrected chi connectivity index (χ0v) is 21.2. The summed E-state index contributed by atoms with van der Waals surface area (Å²) in [4.78, 5) is 43.0. The van der Waals surface area contributed by atoms with E-state index in [1.165, 1.54) is 18.5 Å². The van der Waals surface area contributed by atoms with Crippen molar-refractivity contribution in [2.75, 3.05) is 40.3 Å². The number of aliphatic carboxylic acids is 4. The van der Waals surface area contributed by atoms with Gasteiger partial charge < -0.3 is 30.1 Å². The van der Waals surface area contributed by atoms with E-state index in [4.69, 9.17) is 36.8 Å². The summed E-state index contributed by atoms with van der Waals surface area (Å²) in [7, 11) is 4.29. The SMILES string of the molecule is CCOc1ccc(Cl)cc1CN1CC[C@@H](CN(C)C)C1.O=C(O)/C=C/C(=O)O.O=C(O)/C=C/C(=O)O. The summed E-state index contributed by atoms with van der Waals surface area (Å²) in [5, 5.41) is 32.0. The third-order valence-corrected chi connectivity index (χ3v) is 4.68. The van der Waals surface area contributed by atoms with E-state index in [-0.39, 0.29) is 0 Å². The fourth-order valence-electron chi connectivity index (χ4n) is 3.22. The fourth-order valence-corrected chi connectivity index (χ4v) is 3.41. The standard InChI is InChI=1S/C16H25ClN2O.2C4H4O4/c1-4-20-16-6-5-15(17)9-14(16)12-19-8-7-13(11-19)10-18(2)3;2*5-3(6)1-2-4(7)8/h5-6,9,13H,4,7-8,10-12H2,1-3H3;2*1-2H,(H,5,6)(H,7,8)/b;2*2-1+/t13-;;/m0../s1. The van der Waals surface area contributed by atoms with Crippen LogP contribution in [0.1, 0.15) is 18.9 Å². The first-order chi connectivity index (χ1) is 16.8. The van der Waals surface area contributed by atoms with Gasteiger partial charge in [0, 0.05) is 54.5 Å². The lowest BCUT2D eigenvalue weighted by molar-refractivity contribution is -0.134. The lowest BCUT2D eigenvalue weighted by atomic mass is 10.1. The number of likely N-dealkylation sites (tertiary alicyclic amines) is 1. The van der Waals surface area contributed by atoms with Gasteiger partial charge in [-0.3, -0.25) is 4.90 Å². The highest BCUT2D eigenvalue weighted by Crippen LogP contribution is 2.27. The van der Waals surface area contributed by atoms with E-state index in [9.17, 15) is 19.2 Å². The number of benzene rings is 1. The van der Waals surface area contributed by atoms with E-state index in [2.05, 4.69) is 23.9 Å². The molecule has 1 saturated heterocycles. The van der Waals surface area contributed by atoms with Gasteiger partial charge in [-0.1, -0.05) is 11.6 Å². The van der Waals surface area contributed by atoms with Crippen molar-refractivity contribution in [3.63, 3.8) is 0 Å². The third-order valence-electron chi connectivity index (χ3n) is 4.45. The molecule has 1 aliphatic heterocycles. The number of carbonyl (C=O) groups is 4. The van der Waals surface area contributed by atoms with Gasteiger partial charge in [-0.25, -0.2) is 19.2 Å². The summed E-state index contributed by atoms with van der Waals surface area (Å²) >= 11 is 6.12. The minimum Gasteiger partial charge on any atom is -0.494 e. The van der Waals surface area contributed by atoms with Crippen LogP contribution in [0.5, 0.6) is 5.75 Å². The van der Waals surface area contributed by atoms with Crippen molar-refractivity contribution in [1.29, 1.82) is 0 Å². The number of carboxylic acid groups (broad SMARTS) is 4. The lowest BCUT2D eigenvalue weighted by Crippen LogP contribution is -2.25. The van der Waals surface area contributed by atoms with Crippen LogP contribution in [0.2, 0.25) is 5.02 Å². The molecule has 1 atom stereocenters. The number of ether oxygens (including phenoxy) is 1. The van der Waals surface area contributed by atoms with E-state index in [0.717, 1.165) is 36.3 Å². The van der Waals surface area contributed by atoms with E-state index in [0.29, 0.717) is 30.9 Å². The summed E-state index contributed by atoms with van der Waals surface area (Å²) in [6.07, 6.45) is 3.51. The van der Waals surface area contributed by atoms with Crippen molar-refractivity contribution in [3.8, 4) is 5.75 Å². The fraction of sp³-hybridized carbons (Fsp3) is 0.417. The predicted octanol–water partition coefficient (Wildman–Crippen LogP) is 2.55. The molecular weight excluding hydrogens is 496 g/mol. The molecular formula is C24H33ClN2O9. The van der Waals surface area contributed by atoms with Gasteiger partial charge in [0.2, 0.25) is 0 Å². The first-order valence-electron chi connectivity index (χ1n) is 10.9. The zero-order valence-electron chi connectivity index (χ0n) is 20.5. The monoisotopic (exact) mass is 528 g/mol. The second-order valence-electron chi connectivity index (χ2n) is 7.86. The first-order valence-corrected chi connectivity index (χ1v) is 11.3. The Balaban J connectivity index is 0.000000634. The molecule has 36 heavy (non-hydrogen) atoms. The molecule has 1 aliphatic rings. The highest BCUT2D eigenvalue weighted by atomic mass is 35.5. The van der Waals surface area contributed by atoms with Crippen LogP contribution in [0.25, 0.3) is 0 Å². The molecule has 0 aliphatic carbocycles. The molecule has 1 fully saturated rings. The quantitative estimate of drug-likeness (QED) is 0.330. The van der Waals surface area contributed by atoms with E-state index < -0.39 is 23.9 Å². The molecule has 0 spiro atoms. The van der Waals surface area contributed by atoms with Crippen LogP contribution in [-0.4, -0.2) is 94.4 Å².